The SMILES string of the molecule is O=C(O)CCCC(Oc1ccccc1)Oc1ccc(C(=O)O)cc1. The molecule has 2 aromatic carbocycles. The van der Waals surface area contributed by atoms with Crippen LogP contribution in [0.15, 0.2) is 54.6 Å². The van der Waals surface area contributed by atoms with Crippen molar-refractivity contribution >= 4 is 11.9 Å². The van der Waals surface area contributed by atoms with Crippen LogP contribution in [0, 0.1) is 0 Å². The molecule has 0 amide bonds. The number of benzene rings is 2. The summed E-state index contributed by atoms with van der Waals surface area (Å²) in [6.45, 7) is 0. The third-order valence-corrected chi connectivity index (χ3v) is 3.21. The Kier molecular flexibility index (Phi) is 6.19. The summed E-state index contributed by atoms with van der Waals surface area (Å²) in [5.74, 6) is -0.824. The van der Waals surface area contributed by atoms with Crippen molar-refractivity contribution in [1.82, 2.24) is 0 Å². The predicted molar refractivity (Wildman–Crippen MR) is 86.4 cm³/mol. The molecule has 0 aliphatic rings. The fourth-order valence-corrected chi connectivity index (χ4v) is 2.04. The number of carbonyl (C=O) groups is 2. The smallest absolute Gasteiger partial charge is 0.335 e. The molecule has 0 aliphatic carbocycles. The van der Waals surface area contributed by atoms with Gasteiger partial charge < -0.3 is 19.7 Å². The molecule has 0 aliphatic heterocycles. The van der Waals surface area contributed by atoms with Crippen LogP contribution in [0.1, 0.15) is 29.6 Å². The van der Waals surface area contributed by atoms with Crippen LogP contribution in [-0.4, -0.2) is 28.4 Å². The Morgan fingerprint density at radius 2 is 1.46 bits per heavy atom. The summed E-state index contributed by atoms with van der Waals surface area (Å²) >= 11 is 0. The quantitative estimate of drug-likeness (QED) is 0.684. The van der Waals surface area contributed by atoms with Crippen LogP contribution < -0.4 is 9.47 Å². The molecule has 24 heavy (non-hydrogen) atoms. The standard InChI is InChI=1S/C18H18O6/c19-16(20)7-4-8-17(23-14-5-2-1-3-6-14)24-15-11-9-13(10-12-15)18(21)22/h1-3,5-6,9-12,17H,4,7-8H2,(H,19,20)(H,21,22). The average Bonchev–Trinajstić information content (AvgIpc) is 2.56. The van der Waals surface area contributed by atoms with Gasteiger partial charge in [-0.15, -0.1) is 0 Å². The number of rotatable bonds is 9. The lowest BCUT2D eigenvalue weighted by Crippen LogP contribution is -2.24. The van der Waals surface area contributed by atoms with Gasteiger partial charge >= 0.3 is 11.9 Å². The first-order chi connectivity index (χ1) is 11.5. The molecule has 0 fully saturated rings. The molecule has 2 aromatic rings. The van der Waals surface area contributed by atoms with Gasteiger partial charge in [0.25, 0.3) is 0 Å². The van der Waals surface area contributed by atoms with Crippen LogP contribution >= 0.6 is 0 Å². The third-order valence-electron chi connectivity index (χ3n) is 3.21. The predicted octanol–water partition coefficient (Wildman–Crippen LogP) is 3.42. The molecular weight excluding hydrogens is 312 g/mol. The maximum absolute atomic E-state index is 10.9. The number of aliphatic carboxylic acids is 1. The van der Waals surface area contributed by atoms with Gasteiger partial charge in [-0.25, -0.2) is 4.79 Å². The van der Waals surface area contributed by atoms with Gasteiger partial charge in [0.2, 0.25) is 6.29 Å². The maximum atomic E-state index is 10.9. The molecule has 2 rings (SSSR count). The first kappa shape index (κ1) is 17.3. The summed E-state index contributed by atoms with van der Waals surface area (Å²) in [5.41, 5.74) is 0.161. The molecule has 6 heteroatoms. The van der Waals surface area contributed by atoms with Crippen LogP contribution in [0.4, 0.5) is 0 Å². The first-order valence-corrected chi connectivity index (χ1v) is 7.48. The fraction of sp³-hybridized carbons (Fsp3) is 0.222. The van der Waals surface area contributed by atoms with Crippen LogP contribution in [-0.2, 0) is 4.79 Å². The Morgan fingerprint density at radius 1 is 0.875 bits per heavy atom. The topological polar surface area (TPSA) is 93.1 Å². The number of ether oxygens (including phenoxy) is 2. The van der Waals surface area contributed by atoms with Gasteiger partial charge in [0.05, 0.1) is 5.56 Å². The minimum Gasteiger partial charge on any atom is -0.481 e. The second kappa shape index (κ2) is 8.57. The zero-order valence-electron chi connectivity index (χ0n) is 12.9. The Labute approximate surface area is 139 Å². The summed E-state index contributed by atoms with van der Waals surface area (Å²) in [6.07, 6.45) is 0.153. The Morgan fingerprint density at radius 3 is 2.00 bits per heavy atom. The van der Waals surface area contributed by atoms with Crippen molar-refractivity contribution in [3.8, 4) is 11.5 Å². The molecule has 0 heterocycles. The molecule has 0 aromatic heterocycles. The highest BCUT2D eigenvalue weighted by molar-refractivity contribution is 5.87. The minimum absolute atomic E-state index is 0.0238. The van der Waals surface area contributed by atoms with E-state index in [9.17, 15) is 9.59 Å². The molecular formula is C18H18O6. The van der Waals surface area contributed by atoms with Crippen molar-refractivity contribution in [3.63, 3.8) is 0 Å². The number of hydrogen-bond acceptors (Lipinski definition) is 4. The van der Waals surface area contributed by atoms with E-state index in [1.165, 1.54) is 12.1 Å². The van der Waals surface area contributed by atoms with Crippen molar-refractivity contribution in [2.24, 2.45) is 0 Å². The van der Waals surface area contributed by atoms with Crippen molar-refractivity contribution < 1.29 is 29.3 Å². The maximum Gasteiger partial charge on any atom is 0.335 e. The highest BCUT2D eigenvalue weighted by atomic mass is 16.7. The summed E-state index contributed by atoms with van der Waals surface area (Å²) in [5, 5.41) is 17.7. The summed E-state index contributed by atoms with van der Waals surface area (Å²) < 4.78 is 11.5. The monoisotopic (exact) mass is 330 g/mol. The molecule has 6 nitrogen and oxygen atoms in total. The van der Waals surface area contributed by atoms with E-state index in [0.29, 0.717) is 24.3 Å². The van der Waals surface area contributed by atoms with Crippen LogP contribution in [0.5, 0.6) is 11.5 Å². The fourth-order valence-electron chi connectivity index (χ4n) is 2.04. The van der Waals surface area contributed by atoms with Gasteiger partial charge in [0.1, 0.15) is 11.5 Å². The van der Waals surface area contributed by atoms with Gasteiger partial charge in [-0.3, -0.25) is 4.79 Å². The highest BCUT2D eigenvalue weighted by Gasteiger charge is 2.14. The number of carboxylic acids is 2. The van der Waals surface area contributed by atoms with E-state index in [1.54, 1.807) is 24.3 Å². The van der Waals surface area contributed by atoms with E-state index in [4.69, 9.17) is 19.7 Å². The summed E-state index contributed by atoms with van der Waals surface area (Å²) in [6, 6.07) is 15.0. The lowest BCUT2D eigenvalue weighted by Gasteiger charge is -2.20. The summed E-state index contributed by atoms with van der Waals surface area (Å²) in [4.78, 5) is 21.5. The molecule has 126 valence electrons. The lowest BCUT2D eigenvalue weighted by molar-refractivity contribution is -0.137. The van der Waals surface area contributed by atoms with Crippen LogP contribution in [0.3, 0.4) is 0 Å². The van der Waals surface area contributed by atoms with E-state index in [0.717, 1.165) is 0 Å². The van der Waals surface area contributed by atoms with Gasteiger partial charge in [-0.2, -0.15) is 0 Å². The Hall–Kier alpha value is -3.02. The molecule has 2 N–H and O–H groups in total. The van der Waals surface area contributed by atoms with E-state index in [1.807, 2.05) is 18.2 Å². The van der Waals surface area contributed by atoms with Gasteiger partial charge in [-0.05, 0) is 42.8 Å². The molecule has 0 saturated carbocycles. The molecule has 0 bridgehead atoms. The van der Waals surface area contributed by atoms with Gasteiger partial charge in [-0.1, -0.05) is 18.2 Å². The van der Waals surface area contributed by atoms with Gasteiger partial charge in [0.15, 0.2) is 0 Å². The Bertz CT molecular complexity index is 666. The van der Waals surface area contributed by atoms with E-state index in [-0.39, 0.29) is 12.0 Å². The largest absolute Gasteiger partial charge is 0.481 e. The van der Waals surface area contributed by atoms with E-state index < -0.39 is 18.2 Å². The molecule has 0 spiro atoms. The van der Waals surface area contributed by atoms with Gasteiger partial charge in [0, 0.05) is 12.8 Å². The minimum atomic E-state index is -1.01. The molecule has 0 radical (unpaired) electrons. The van der Waals surface area contributed by atoms with Crippen molar-refractivity contribution in [2.45, 2.75) is 25.6 Å². The second-order valence-corrected chi connectivity index (χ2v) is 5.09. The number of carboxylic acid groups (broad SMARTS) is 2. The van der Waals surface area contributed by atoms with Crippen LogP contribution in [0.25, 0.3) is 0 Å². The molecule has 1 unspecified atom stereocenters. The number of hydrogen-bond donors (Lipinski definition) is 2. The normalized spacial score (nSPS) is 11.5. The second-order valence-electron chi connectivity index (χ2n) is 5.09. The van der Waals surface area contributed by atoms with Crippen molar-refractivity contribution in [1.29, 1.82) is 0 Å². The first-order valence-electron chi connectivity index (χ1n) is 7.48. The van der Waals surface area contributed by atoms with E-state index in [2.05, 4.69) is 0 Å². The summed E-state index contributed by atoms with van der Waals surface area (Å²) in [7, 11) is 0. The lowest BCUT2D eigenvalue weighted by atomic mass is 10.2. The molecule has 0 saturated heterocycles. The average molecular weight is 330 g/mol. The third kappa shape index (κ3) is 5.64. The van der Waals surface area contributed by atoms with Crippen LogP contribution in [0.2, 0.25) is 0 Å². The number of aromatic carboxylic acids is 1. The van der Waals surface area contributed by atoms with E-state index >= 15 is 0 Å². The zero-order valence-corrected chi connectivity index (χ0v) is 12.9. The molecule has 1 atom stereocenters. The highest BCUT2D eigenvalue weighted by Crippen LogP contribution is 2.19. The zero-order chi connectivity index (χ0) is 17.4. The van der Waals surface area contributed by atoms with Crippen molar-refractivity contribution in [3.05, 3.63) is 60.2 Å². The Balaban J connectivity index is 2.03. The number of para-hydroxylation sites is 1. The van der Waals surface area contributed by atoms with Crippen molar-refractivity contribution in [2.75, 3.05) is 0 Å².